The van der Waals surface area contributed by atoms with E-state index in [1.165, 1.54) is 4.90 Å². The molecule has 1 N–H and O–H groups in total. The number of carboxylic acid groups (broad SMARTS) is 1. The minimum absolute atomic E-state index is 0.185. The second-order valence-electron chi connectivity index (χ2n) is 3.41. The molecule has 0 aromatic heterocycles. The molecule has 1 amide bonds. The second kappa shape index (κ2) is 3.70. The lowest BCUT2D eigenvalue weighted by molar-refractivity contribution is -0.153. The van der Waals surface area contributed by atoms with E-state index >= 15 is 0 Å². The highest BCUT2D eigenvalue weighted by Gasteiger charge is 2.58. The highest BCUT2D eigenvalue weighted by molar-refractivity contribution is 6.04. The molecule has 0 bridgehead atoms. The number of nitrogens with zero attached hydrogens (tertiary/aromatic N) is 1. The zero-order valence-corrected chi connectivity index (χ0v) is 8.12. The topological polar surface area (TPSA) is 57.6 Å². The van der Waals surface area contributed by atoms with Crippen LogP contribution in [0.3, 0.4) is 0 Å². The van der Waals surface area contributed by atoms with Crippen molar-refractivity contribution in [1.29, 1.82) is 0 Å². The molecule has 0 spiro atoms. The van der Waals surface area contributed by atoms with Crippen molar-refractivity contribution < 1.29 is 14.7 Å². The molecule has 4 nitrogen and oxygen atoms in total. The fourth-order valence-electron chi connectivity index (χ4n) is 1.38. The van der Waals surface area contributed by atoms with Gasteiger partial charge in [-0.25, -0.2) is 0 Å². The van der Waals surface area contributed by atoms with Gasteiger partial charge in [-0.05, 0) is 19.8 Å². The van der Waals surface area contributed by atoms with Gasteiger partial charge in [0.05, 0.1) is 6.54 Å². The maximum Gasteiger partial charge on any atom is 0.319 e. The molecule has 76 valence electrons. The van der Waals surface area contributed by atoms with Gasteiger partial charge in [-0.2, -0.15) is 0 Å². The first-order valence-electron chi connectivity index (χ1n) is 4.54. The number of hydrogen-bond donors (Lipinski definition) is 1. The number of hydrogen-bond acceptors (Lipinski definition) is 2. The minimum Gasteiger partial charge on any atom is -0.480 e. The van der Waals surface area contributed by atoms with E-state index in [-0.39, 0.29) is 12.5 Å². The third-order valence-electron chi connectivity index (χ3n) is 2.52. The van der Waals surface area contributed by atoms with Crippen molar-refractivity contribution in [2.24, 2.45) is 5.41 Å². The Morgan fingerprint density at radius 3 is 2.43 bits per heavy atom. The van der Waals surface area contributed by atoms with Crippen LogP contribution in [0.1, 0.15) is 19.8 Å². The molecule has 1 fully saturated rings. The molecule has 14 heavy (non-hydrogen) atoms. The van der Waals surface area contributed by atoms with E-state index in [4.69, 9.17) is 11.5 Å². The first-order valence-corrected chi connectivity index (χ1v) is 4.54. The van der Waals surface area contributed by atoms with Crippen LogP contribution in [0.2, 0.25) is 0 Å². The average molecular weight is 195 g/mol. The van der Waals surface area contributed by atoms with Crippen LogP contribution in [0.4, 0.5) is 0 Å². The summed E-state index contributed by atoms with van der Waals surface area (Å²) in [4.78, 5) is 24.0. The van der Waals surface area contributed by atoms with Crippen molar-refractivity contribution in [1.82, 2.24) is 4.90 Å². The van der Waals surface area contributed by atoms with E-state index in [2.05, 4.69) is 5.92 Å². The largest absolute Gasteiger partial charge is 0.480 e. The Hall–Kier alpha value is -1.50. The SMILES string of the molecule is C#CCN(CC)C(=O)C1(C(=O)O)CC1. The van der Waals surface area contributed by atoms with Crippen LogP contribution in [0, 0.1) is 17.8 Å². The third-order valence-corrected chi connectivity index (χ3v) is 2.52. The van der Waals surface area contributed by atoms with Crippen molar-refractivity contribution in [3.8, 4) is 12.3 Å². The predicted octanol–water partition coefficient (Wildman–Crippen LogP) is 0.333. The third kappa shape index (κ3) is 1.58. The van der Waals surface area contributed by atoms with Gasteiger partial charge in [-0.3, -0.25) is 9.59 Å². The van der Waals surface area contributed by atoms with Gasteiger partial charge >= 0.3 is 5.97 Å². The second-order valence-corrected chi connectivity index (χ2v) is 3.41. The van der Waals surface area contributed by atoms with Gasteiger partial charge in [0.15, 0.2) is 0 Å². The summed E-state index contributed by atoms with van der Waals surface area (Å²) in [5, 5.41) is 8.89. The van der Waals surface area contributed by atoms with Gasteiger partial charge in [-0.1, -0.05) is 5.92 Å². The fraction of sp³-hybridized carbons (Fsp3) is 0.600. The minimum atomic E-state index is -1.16. The van der Waals surface area contributed by atoms with Gasteiger partial charge in [-0.15, -0.1) is 6.42 Å². The van der Waals surface area contributed by atoms with E-state index in [9.17, 15) is 9.59 Å². The normalized spacial score (nSPS) is 16.9. The quantitative estimate of drug-likeness (QED) is 0.519. The maximum atomic E-state index is 11.7. The highest BCUT2D eigenvalue weighted by Crippen LogP contribution is 2.47. The molecular formula is C10H13NO3. The number of carbonyl (C=O) groups excluding carboxylic acids is 1. The lowest BCUT2D eigenvalue weighted by Crippen LogP contribution is -2.41. The molecule has 4 heteroatoms. The summed E-state index contributed by atoms with van der Waals surface area (Å²) in [5.74, 6) is 0.979. The molecular weight excluding hydrogens is 182 g/mol. The average Bonchev–Trinajstić information content (AvgIpc) is 2.93. The molecule has 0 atom stereocenters. The zero-order chi connectivity index (χ0) is 10.8. The summed E-state index contributed by atoms with van der Waals surface area (Å²) < 4.78 is 0. The molecule has 1 aliphatic carbocycles. The van der Waals surface area contributed by atoms with E-state index in [0.29, 0.717) is 19.4 Å². The summed E-state index contributed by atoms with van der Waals surface area (Å²) in [5.41, 5.74) is -1.16. The van der Waals surface area contributed by atoms with E-state index in [0.717, 1.165) is 0 Å². The molecule has 0 aromatic carbocycles. The number of aliphatic carboxylic acids is 1. The summed E-state index contributed by atoms with van der Waals surface area (Å²) in [6.45, 7) is 2.43. The molecule has 0 unspecified atom stereocenters. The van der Waals surface area contributed by atoms with Gasteiger partial charge < -0.3 is 10.0 Å². The van der Waals surface area contributed by atoms with Gasteiger partial charge in [0.2, 0.25) is 5.91 Å². The Labute approximate surface area is 82.9 Å². The molecule has 1 saturated carbocycles. The highest BCUT2D eigenvalue weighted by atomic mass is 16.4. The standard InChI is InChI=1S/C10H13NO3/c1-3-7-11(4-2)8(12)10(5-6-10)9(13)14/h1H,4-7H2,2H3,(H,13,14). The Morgan fingerprint density at radius 1 is 1.57 bits per heavy atom. The summed E-state index contributed by atoms with van der Waals surface area (Å²) in [6.07, 6.45) is 5.96. The summed E-state index contributed by atoms with van der Waals surface area (Å²) >= 11 is 0. The lowest BCUT2D eigenvalue weighted by Gasteiger charge is -2.21. The van der Waals surface area contributed by atoms with Crippen LogP contribution in [-0.4, -0.2) is 35.0 Å². The van der Waals surface area contributed by atoms with Crippen LogP contribution in [0.25, 0.3) is 0 Å². The summed E-state index contributed by atoms with van der Waals surface area (Å²) in [6, 6.07) is 0. The molecule has 0 radical (unpaired) electrons. The number of carboxylic acids is 1. The Bertz CT molecular complexity index is 299. The number of rotatable bonds is 4. The van der Waals surface area contributed by atoms with Crippen molar-refractivity contribution in [2.45, 2.75) is 19.8 Å². The van der Waals surface area contributed by atoms with Gasteiger partial charge in [0.1, 0.15) is 5.41 Å². The van der Waals surface area contributed by atoms with Crippen molar-refractivity contribution in [3.63, 3.8) is 0 Å². The Kier molecular flexibility index (Phi) is 2.80. The Balaban J connectivity index is 2.74. The van der Waals surface area contributed by atoms with Crippen molar-refractivity contribution in [3.05, 3.63) is 0 Å². The number of amides is 1. The van der Waals surface area contributed by atoms with Crippen LogP contribution in [-0.2, 0) is 9.59 Å². The first kappa shape index (κ1) is 10.6. The van der Waals surface area contributed by atoms with Gasteiger partial charge in [0, 0.05) is 6.54 Å². The predicted molar refractivity (Wildman–Crippen MR) is 50.4 cm³/mol. The van der Waals surface area contributed by atoms with Crippen LogP contribution < -0.4 is 0 Å². The van der Waals surface area contributed by atoms with Crippen LogP contribution in [0.5, 0.6) is 0 Å². The van der Waals surface area contributed by atoms with Crippen LogP contribution in [0.15, 0.2) is 0 Å². The van der Waals surface area contributed by atoms with Crippen molar-refractivity contribution >= 4 is 11.9 Å². The van der Waals surface area contributed by atoms with E-state index in [1.54, 1.807) is 6.92 Å². The van der Waals surface area contributed by atoms with Gasteiger partial charge in [0.25, 0.3) is 0 Å². The lowest BCUT2D eigenvalue weighted by atomic mass is 10.1. The first-order chi connectivity index (χ1) is 6.58. The number of terminal acetylenes is 1. The number of carbonyl (C=O) groups is 2. The molecule has 1 aliphatic rings. The van der Waals surface area contributed by atoms with Crippen molar-refractivity contribution in [2.75, 3.05) is 13.1 Å². The monoisotopic (exact) mass is 195 g/mol. The molecule has 0 heterocycles. The van der Waals surface area contributed by atoms with Crippen LogP contribution >= 0.6 is 0 Å². The molecule has 0 saturated heterocycles. The van der Waals surface area contributed by atoms with E-state index < -0.39 is 11.4 Å². The summed E-state index contributed by atoms with van der Waals surface area (Å²) in [7, 11) is 0. The van der Waals surface area contributed by atoms with E-state index in [1.807, 2.05) is 0 Å². The Morgan fingerprint density at radius 2 is 2.14 bits per heavy atom. The zero-order valence-electron chi connectivity index (χ0n) is 8.12. The molecule has 1 rings (SSSR count). The fourth-order valence-corrected chi connectivity index (χ4v) is 1.38. The smallest absolute Gasteiger partial charge is 0.319 e. The molecule has 0 aliphatic heterocycles. The molecule has 0 aromatic rings. The maximum absolute atomic E-state index is 11.7.